The van der Waals surface area contributed by atoms with Crippen LogP contribution >= 0.6 is 0 Å². The van der Waals surface area contributed by atoms with Crippen LogP contribution in [0.5, 0.6) is 0 Å². The Morgan fingerprint density at radius 2 is 0.952 bits per heavy atom. The molecular formula is C41H29N. The molecule has 9 rings (SSSR count). The van der Waals surface area contributed by atoms with Crippen LogP contribution in [0.25, 0.3) is 81.9 Å². The summed E-state index contributed by atoms with van der Waals surface area (Å²) in [6, 6.07) is 49.8. The summed E-state index contributed by atoms with van der Waals surface area (Å²) >= 11 is 0. The number of nitrogens with zero attached hydrogens (tertiary/aromatic N) is 1. The van der Waals surface area contributed by atoms with E-state index >= 15 is 0 Å². The zero-order chi connectivity index (χ0) is 27.9. The molecule has 0 spiro atoms. The molecule has 0 fully saturated rings. The molecule has 2 heterocycles. The maximum atomic E-state index is 2.51. The minimum atomic E-state index is 0.466. The van der Waals surface area contributed by atoms with Crippen molar-refractivity contribution in [2.45, 2.75) is 19.8 Å². The summed E-state index contributed by atoms with van der Waals surface area (Å²) in [5.41, 5.74) is 10.3. The first-order chi connectivity index (χ1) is 20.6. The Morgan fingerprint density at radius 3 is 1.50 bits per heavy atom. The van der Waals surface area contributed by atoms with Crippen LogP contribution in [0.3, 0.4) is 0 Å². The predicted octanol–water partition coefficient (Wildman–Crippen LogP) is 11.6. The van der Waals surface area contributed by atoms with Crippen LogP contribution in [-0.2, 0) is 0 Å². The molecule has 9 aromatic rings. The van der Waals surface area contributed by atoms with Crippen molar-refractivity contribution in [2.24, 2.45) is 0 Å². The summed E-state index contributed by atoms with van der Waals surface area (Å²) in [7, 11) is 0. The van der Waals surface area contributed by atoms with E-state index in [0.717, 1.165) is 0 Å². The molecule has 0 atom stereocenters. The zero-order valence-corrected chi connectivity index (χ0v) is 23.7. The minimum absolute atomic E-state index is 0.466. The molecule has 0 aliphatic carbocycles. The van der Waals surface area contributed by atoms with Crippen LogP contribution < -0.4 is 0 Å². The maximum absolute atomic E-state index is 2.51. The molecule has 0 amide bonds. The van der Waals surface area contributed by atoms with Crippen molar-refractivity contribution in [1.82, 2.24) is 4.40 Å². The van der Waals surface area contributed by atoms with Gasteiger partial charge in [-0.3, -0.25) is 0 Å². The molecule has 0 aliphatic rings. The third kappa shape index (κ3) is 3.31. The van der Waals surface area contributed by atoms with Crippen molar-refractivity contribution in [3.05, 3.63) is 139 Å². The minimum Gasteiger partial charge on any atom is -0.308 e. The van der Waals surface area contributed by atoms with E-state index in [1.807, 2.05) is 0 Å². The van der Waals surface area contributed by atoms with Gasteiger partial charge in [-0.05, 0) is 91.7 Å². The first kappa shape index (κ1) is 23.6. The monoisotopic (exact) mass is 535 g/mol. The second-order valence-corrected chi connectivity index (χ2v) is 12.0. The van der Waals surface area contributed by atoms with Crippen LogP contribution in [0.2, 0.25) is 0 Å². The number of rotatable bonds is 3. The number of hydrogen-bond acceptors (Lipinski definition) is 0. The zero-order valence-electron chi connectivity index (χ0n) is 23.7. The van der Waals surface area contributed by atoms with Crippen LogP contribution in [-0.4, -0.2) is 4.40 Å². The van der Waals surface area contributed by atoms with Crippen LogP contribution in [0.1, 0.15) is 25.3 Å². The molecule has 1 nitrogen and oxygen atoms in total. The van der Waals surface area contributed by atoms with Crippen molar-refractivity contribution in [3.8, 4) is 22.3 Å². The lowest BCUT2D eigenvalue weighted by atomic mass is 9.89. The van der Waals surface area contributed by atoms with Gasteiger partial charge in [0, 0.05) is 21.5 Å². The van der Waals surface area contributed by atoms with Gasteiger partial charge >= 0.3 is 0 Å². The van der Waals surface area contributed by atoms with Crippen molar-refractivity contribution in [1.29, 1.82) is 0 Å². The molecular weight excluding hydrogens is 506 g/mol. The number of hydrogen-bond donors (Lipinski definition) is 0. The van der Waals surface area contributed by atoms with Gasteiger partial charge in [-0.2, -0.15) is 0 Å². The summed E-state index contributed by atoms with van der Waals surface area (Å²) in [4.78, 5) is 0. The van der Waals surface area contributed by atoms with Gasteiger partial charge in [0.05, 0.1) is 16.6 Å². The Kier molecular flexibility index (Phi) is 4.87. The molecule has 42 heavy (non-hydrogen) atoms. The van der Waals surface area contributed by atoms with Gasteiger partial charge in [-0.15, -0.1) is 0 Å². The van der Waals surface area contributed by atoms with Gasteiger partial charge in [0.15, 0.2) is 0 Å². The Bertz CT molecular complexity index is 2350. The van der Waals surface area contributed by atoms with Crippen molar-refractivity contribution < 1.29 is 0 Å². The van der Waals surface area contributed by atoms with E-state index in [2.05, 4.69) is 152 Å². The Hall–Kier alpha value is -5.14. The molecule has 0 N–H and O–H groups in total. The average molecular weight is 536 g/mol. The van der Waals surface area contributed by atoms with E-state index in [1.165, 1.54) is 87.5 Å². The summed E-state index contributed by atoms with van der Waals surface area (Å²) < 4.78 is 2.51. The van der Waals surface area contributed by atoms with Gasteiger partial charge in [-0.1, -0.05) is 111 Å². The first-order valence-corrected chi connectivity index (χ1v) is 14.9. The fourth-order valence-electron chi connectivity index (χ4n) is 7.10. The third-order valence-corrected chi connectivity index (χ3v) is 9.23. The van der Waals surface area contributed by atoms with Gasteiger partial charge < -0.3 is 4.40 Å². The van der Waals surface area contributed by atoms with E-state index < -0.39 is 0 Å². The highest BCUT2D eigenvalue weighted by atomic mass is 14.9. The van der Waals surface area contributed by atoms with Crippen molar-refractivity contribution in [3.63, 3.8) is 0 Å². The van der Waals surface area contributed by atoms with E-state index in [1.54, 1.807) is 0 Å². The third-order valence-electron chi connectivity index (χ3n) is 9.23. The van der Waals surface area contributed by atoms with Crippen LogP contribution in [0, 0.1) is 0 Å². The lowest BCUT2D eigenvalue weighted by Gasteiger charge is -2.15. The lowest BCUT2D eigenvalue weighted by molar-refractivity contribution is 0.867. The fourth-order valence-corrected chi connectivity index (χ4v) is 7.10. The van der Waals surface area contributed by atoms with Gasteiger partial charge in [-0.25, -0.2) is 0 Å². The second-order valence-electron chi connectivity index (χ2n) is 12.0. The fraction of sp³-hybridized carbons (Fsp3) is 0.0732. The predicted molar refractivity (Wildman–Crippen MR) is 181 cm³/mol. The highest BCUT2D eigenvalue weighted by molar-refractivity contribution is 6.27. The molecule has 7 aromatic carbocycles. The Morgan fingerprint density at radius 1 is 0.429 bits per heavy atom. The second kappa shape index (κ2) is 8.68. The average Bonchev–Trinajstić information content (AvgIpc) is 3.53. The standard InChI is InChI=1S/C41H29N/c1-25(2)27-16-17-33(34(18-27)26-10-4-3-5-11-26)32-21-37-35-19-28-12-6-8-14-30(28)23-39(35)42-40-24-31-15-9-7-13-29(31)20-36(40)38(22-32)41(37)42/h3-25H,1-2H3. The lowest BCUT2D eigenvalue weighted by Crippen LogP contribution is -1.92. The molecule has 2 aromatic heterocycles. The molecule has 1 heteroatoms. The largest absolute Gasteiger partial charge is 0.308 e. The quantitative estimate of drug-likeness (QED) is 0.212. The van der Waals surface area contributed by atoms with E-state index in [-0.39, 0.29) is 0 Å². The number of aromatic nitrogens is 1. The molecule has 0 aliphatic heterocycles. The first-order valence-electron chi connectivity index (χ1n) is 14.9. The molecule has 0 radical (unpaired) electrons. The molecule has 0 unspecified atom stereocenters. The smallest absolute Gasteiger partial charge is 0.0620 e. The molecule has 0 bridgehead atoms. The topological polar surface area (TPSA) is 4.41 Å². The van der Waals surface area contributed by atoms with Crippen LogP contribution in [0.15, 0.2) is 133 Å². The van der Waals surface area contributed by atoms with Crippen LogP contribution in [0.4, 0.5) is 0 Å². The highest BCUT2D eigenvalue weighted by Gasteiger charge is 2.21. The molecule has 0 saturated carbocycles. The van der Waals surface area contributed by atoms with E-state index in [0.29, 0.717) is 5.92 Å². The Labute approximate surface area is 244 Å². The SMILES string of the molecule is CC(C)c1ccc(-c2cc3c4cc5ccccc5cc4n4c5cc6ccccc6cc5c(c2)c34)c(-c2ccccc2)c1. The summed E-state index contributed by atoms with van der Waals surface area (Å²) in [5, 5.41) is 10.4. The van der Waals surface area contributed by atoms with Gasteiger partial charge in [0.2, 0.25) is 0 Å². The van der Waals surface area contributed by atoms with E-state index in [4.69, 9.17) is 0 Å². The normalized spacial score (nSPS) is 12.3. The van der Waals surface area contributed by atoms with Crippen molar-refractivity contribution in [2.75, 3.05) is 0 Å². The summed E-state index contributed by atoms with van der Waals surface area (Å²) in [6.07, 6.45) is 0. The maximum Gasteiger partial charge on any atom is 0.0620 e. The highest BCUT2D eigenvalue weighted by Crippen LogP contribution is 2.45. The van der Waals surface area contributed by atoms with Crippen molar-refractivity contribution >= 4 is 59.6 Å². The Balaban J connectivity index is 1.46. The summed E-state index contributed by atoms with van der Waals surface area (Å²) in [6.45, 7) is 4.55. The summed E-state index contributed by atoms with van der Waals surface area (Å²) in [5.74, 6) is 0.466. The number of fused-ring (bicyclic) bond motifs is 8. The van der Waals surface area contributed by atoms with E-state index in [9.17, 15) is 0 Å². The molecule has 0 saturated heterocycles. The van der Waals surface area contributed by atoms with Gasteiger partial charge in [0.25, 0.3) is 0 Å². The van der Waals surface area contributed by atoms with Gasteiger partial charge in [0.1, 0.15) is 0 Å². The molecule has 198 valence electrons. The number of benzene rings is 7.